The fourth-order valence-corrected chi connectivity index (χ4v) is 2.64. The van der Waals surface area contributed by atoms with E-state index in [0.717, 1.165) is 23.5 Å². The van der Waals surface area contributed by atoms with Gasteiger partial charge >= 0.3 is 0 Å². The number of hydrogen-bond acceptors (Lipinski definition) is 0. The van der Waals surface area contributed by atoms with Gasteiger partial charge in [-0.3, -0.25) is 0 Å². The minimum atomic E-state index is -0.0126. The zero-order valence-corrected chi connectivity index (χ0v) is 8.74. The van der Waals surface area contributed by atoms with E-state index in [0.29, 0.717) is 0 Å². The van der Waals surface area contributed by atoms with Crippen molar-refractivity contribution in [1.82, 2.24) is 0 Å². The predicted octanol–water partition coefficient (Wildman–Crippen LogP) is 3.58. The molecule has 0 aromatic rings. The highest BCUT2D eigenvalue weighted by molar-refractivity contribution is 7.57. The van der Waals surface area contributed by atoms with Gasteiger partial charge in [0.15, 0.2) is 0 Å². The van der Waals surface area contributed by atoms with Crippen LogP contribution in [-0.4, -0.2) is 19.0 Å². The monoisotopic (exact) mass is 180 g/mol. The fourth-order valence-electron chi connectivity index (χ4n) is 0.878. The topological polar surface area (TPSA) is 0 Å². The Hall–Kier alpha value is -0.610. The molecule has 0 aliphatic carbocycles. The molecule has 0 N–H and O–H groups in total. The van der Waals surface area contributed by atoms with E-state index in [-0.39, 0.29) is 7.92 Å². The van der Waals surface area contributed by atoms with Gasteiger partial charge < -0.3 is 0 Å². The zero-order chi connectivity index (χ0) is 9.56. The molecule has 0 nitrogen and oxygen atoms in total. The first-order valence-electron chi connectivity index (χ1n) is 3.89. The Balaban J connectivity index is 3.80. The molecule has 0 atom stereocenters. The summed E-state index contributed by atoms with van der Waals surface area (Å²) in [4.78, 5) is 0. The van der Waals surface area contributed by atoms with Gasteiger partial charge in [-0.1, -0.05) is 49.6 Å². The summed E-state index contributed by atoms with van der Waals surface area (Å²) in [5, 5.41) is 0. The van der Waals surface area contributed by atoms with Crippen LogP contribution in [-0.2, 0) is 0 Å². The molecule has 1 heteroatoms. The molecule has 0 unspecified atom stereocenters. The van der Waals surface area contributed by atoms with Crippen LogP contribution in [0.4, 0.5) is 0 Å². The zero-order valence-electron chi connectivity index (χ0n) is 7.84. The van der Waals surface area contributed by atoms with Crippen molar-refractivity contribution in [2.24, 2.45) is 0 Å². The quantitative estimate of drug-likeness (QED) is 0.433. The van der Waals surface area contributed by atoms with Gasteiger partial charge in [-0.05, 0) is 19.0 Å². The van der Waals surface area contributed by atoms with E-state index in [1.54, 1.807) is 0 Å². The summed E-state index contributed by atoms with van der Waals surface area (Å²) in [5.74, 6) is 0. The molecular formula is C11H17P. The Morgan fingerprint density at radius 1 is 1.08 bits per heavy atom. The van der Waals surface area contributed by atoms with Gasteiger partial charge in [0.1, 0.15) is 0 Å². The molecule has 0 amide bonds. The van der Waals surface area contributed by atoms with Gasteiger partial charge in [0.05, 0.1) is 0 Å². The molecule has 0 saturated carbocycles. The average molecular weight is 180 g/mol. The summed E-state index contributed by atoms with van der Waals surface area (Å²) >= 11 is 0. The van der Waals surface area contributed by atoms with E-state index >= 15 is 0 Å². The fraction of sp³-hybridized carbons (Fsp3) is 0.273. The Morgan fingerprint density at radius 2 is 1.42 bits per heavy atom. The van der Waals surface area contributed by atoms with Crippen LogP contribution < -0.4 is 0 Å². The second-order valence-corrected chi connectivity index (χ2v) is 5.24. The average Bonchev–Trinajstić information content (AvgIpc) is 2.03. The van der Waals surface area contributed by atoms with E-state index in [9.17, 15) is 0 Å². The molecule has 66 valence electrons. The van der Waals surface area contributed by atoms with E-state index in [4.69, 9.17) is 0 Å². The second-order valence-electron chi connectivity index (χ2n) is 2.90. The van der Waals surface area contributed by atoms with Crippen molar-refractivity contribution >= 4 is 7.92 Å². The summed E-state index contributed by atoms with van der Waals surface area (Å²) in [6, 6.07) is 0. The Morgan fingerprint density at radius 3 is 1.67 bits per heavy atom. The minimum Gasteiger partial charge on any atom is -0.101 e. The third kappa shape index (κ3) is 5.09. The molecule has 0 saturated heterocycles. The van der Waals surface area contributed by atoms with Crippen LogP contribution >= 0.6 is 7.92 Å². The molecule has 0 rings (SSSR count). The summed E-state index contributed by atoms with van der Waals surface area (Å²) in [6.07, 6.45) is 5.78. The lowest BCUT2D eigenvalue weighted by molar-refractivity contribution is 1.49. The Labute approximate surface area is 77.1 Å². The first-order valence-corrected chi connectivity index (χ1v) is 6.05. The summed E-state index contributed by atoms with van der Waals surface area (Å²) < 4.78 is 0. The molecule has 0 aliphatic rings. The SMILES string of the molecule is C=CC(=C)CP(C)CC(=C)C=C. The van der Waals surface area contributed by atoms with Crippen molar-refractivity contribution in [3.63, 3.8) is 0 Å². The summed E-state index contributed by atoms with van der Waals surface area (Å²) in [7, 11) is -0.0126. The third-order valence-corrected chi connectivity index (χ3v) is 3.42. The predicted molar refractivity (Wildman–Crippen MR) is 61.3 cm³/mol. The first-order chi connectivity index (χ1) is 5.60. The highest BCUT2D eigenvalue weighted by Crippen LogP contribution is 2.34. The van der Waals surface area contributed by atoms with Gasteiger partial charge in [-0.2, -0.15) is 0 Å². The highest BCUT2D eigenvalue weighted by Gasteiger charge is 2.01. The third-order valence-electron chi connectivity index (χ3n) is 1.52. The lowest BCUT2D eigenvalue weighted by Gasteiger charge is -2.11. The first kappa shape index (κ1) is 11.4. The summed E-state index contributed by atoms with van der Waals surface area (Å²) in [5.41, 5.74) is 2.25. The van der Waals surface area contributed by atoms with Gasteiger partial charge in [-0.15, -0.1) is 7.92 Å². The van der Waals surface area contributed by atoms with E-state index in [1.165, 1.54) is 0 Å². The largest absolute Gasteiger partial charge is 0.101 e. The number of allylic oxidation sites excluding steroid dienone is 4. The standard InChI is InChI=1S/C11H17P/c1-6-10(3)8-12(5)9-11(4)7-2/h6-7H,1-4,8-9H2,5H3. The maximum absolute atomic E-state index is 3.89. The van der Waals surface area contributed by atoms with Crippen molar-refractivity contribution in [2.45, 2.75) is 0 Å². The molecule has 0 fully saturated rings. The molecule has 0 aromatic heterocycles. The summed E-state index contributed by atoms with van der Waals surface area (Å²) in [6.45, 7) is 17.4. The van der Waals surface area contributed by atoms with Crippen LogP contribution in [0.25, 0.3) is 0 Å². The van der Waals surface area contributed by atoms with Crippen LogP contribution in [0.15, 0.2) is 49.6 Å². The van der Waals surface area contributed by atoms with Crippen LogP contribution in [0.3, 0.4) is 0 Å². The molecule has 0 bridgehead atoms. The van der Waals surface area contributed by atoms with E-state index < -0.39 is 0 Å². The van der Waals surface area contributed by atoms with E-state index in [1.807, 2.05) is 12.2 Å². The van der Waals surface area contributed by atoms with Gasteiger partial charge in [0.25, 0.3) is 0 Å². The van der Waals surface area contributed by atoms with Crippen molar-refractivity contribution < 1.29 is 0 Å². The highest BCUT2D eigenvalue weighted by atomic mass is 31.1. The van der Waals surface area contributed by atoms with Crippen LogP contribution in [0.2, 0.25) is 0 Å². The van der Waals surface area contributed by atoms with Crippen molar-refractivity contribution in [3.8, 4) is 0 Å². The van der Waals surface area contributed by atoms with Crippen molar-refractivity contribution in [1.29, 1.82) is 0 Å². The van der Waals surface area contributed by atoms with Crippen LogP contribution in [0.1, 0.15) is 0 Å². The number of rotatable bonds is 6. The maximum Gasteiger partial charge on any atom is -0.00787 e. The molecule has 0 spiro atoms. The normalized spacial score (nSPS) is 9.50. The smallest absolute Gasteiger partial charge is 0.00787 e. The molecule has 0 radical (unpaired) electrons. The van der Waals surface area contributed by atoms with Crippen molar-refractivity contribution in [2.75, 3.05) is 19.0 Å². The van der Waals surface area contributed by atoms with E-state index in [2.05, 4.69) is 33.0 Å². The lowest BCUT2D eigenvalue weighted by Crippen LogP contribution is -1.91. The molecule has 0 heterocycles. The van der Waals surface area contributed by atoms with Gasteiger partial charge in [-0.25, -0.2) is 0 Å². The lowest BCUT2D eigenvalue weighted by atomic mass is 10.3. The number of hydrogen-bond donors (Lipinski definition) is 0. The molecule has 0 aliphatic heterocycles. The minimum absolute atomic E-state index is 0.0126. The van der Waals surface area contributed by atoms with Gasteiger partial charge in [0, 0.05) is 0 Å². The van der Waals surface area contributed by atoms with Crippen LogP contribution in [0, 0.1) is 0 Å². The molecular weight excluding hydrogens is 163 g/mol. The Bertz CT molecular complexity index is 179. The molecule has 12 heavy (non-hydrogen) atoms. The van der Waals surface area contributed by atoms with Crippen molar-refractivity contribution in [3.05, 3.63) is 49.6 Å². The Kier molecular flexibility index (Phi) is 5.66. The second kappa shape index (κ2) is 5.97. The maximum atomic E-state index is 3.89. The van der Waals surface area contributed by atoms with Crippen LogP contribution in [0.5, 0.6) is 0 Å². The molecule has 0 aromatic carbocycles. The van der Waals surface area contributed by atoms with Gasteiger partial charge in [0.2, 0.25) is 0 Å².